The normalized spacial score (nSPS) is 11.0. The largest absolute Gasteiger partial charge is 0.497 e. The molecule has 7 nitrogen and oxygen atoms in total. The van der Waals surface area contributed by atoms with Crippen molar-refractivity contribution in [3.8, 4) is 5.75 Å². The van der Waals surface area contributed by atoms with Crippen molar-refractivity contribution in [2.45, 2.75) is 26.2 Å². The number of nitrogens with zero attached hydrogens (tertiary/aromatic N) is 1. The summed E-state index contributed by atoms with van der Waals surface area (Å²) in [6.07, 6.45) is 0. The number of carbonyl (C=O) groups excluding carboxylic acids is 1. The van der Waals surface area contributed by atoms with Crippen molar-refractivity contribution in [3.63, 3.8) is 0 Å². The summed E-state index contributed by atoms with van der Waals surface area (Å²) in [6.45, 7) is 5.64. The first-order chi connectivity index (χ1) is 11.6. The van der Waals surface area contributed by atoms with Crippen molar-refractivity contribution in [2.75, 3.05) is 18.2 Å². The van der Waals surface area contributed by atoms with Crippen LogP contribution in [-0.2, 0) is 5.41 Å². The lowest BCUT2D eigenvalue weighted by Crippen LogP contribution is -2.17. The predicted octanol–water partition coefficient (Wildman–Crippen LogP) is 3.74. The zero-order chi connectivity index (χ0) is 18.8. The predicted molar refractivity (Wildman–Crippen MR) is 97.2 cm³/mol. The molecular formula is C18H21N3O4. The molecule has 0 bridgehead atoms. The minimum absolute atomic E-state index is 0.0845. The van der Waals surface area contributed by atoms with Crippen molar-refractivity contribution in [2.24, 2.45) is 0 Å². The quantitative estimate of drug-likeness (QED) is 0.499. The molecule has 0 aliphatic heterocycles. The summed E-state index contributed by atoms with van der Waals surface area (Å²) >= 11 is 0. The minimum Gasteiger partial charge on any atom is -0.497 e. The summed E-state index contributed by atoms with van der Waals surface area (Å²) in [5.41, 5.74) is 6.86. The Morgan fingerprint density at radius 1 is 1.20 bits per heavy atom. The minimum atomic E-state index is -0.483. The van der Waals surface area contributed by atoms with E-state index in [1.165, 1.54) is 13.2 Å². The van der Waals surface area contributed by atoms with E-state index in [9.17, 15) is 14.9 Å². The Bertz CT molecular complexity index is 826. The van der Waals surface area contributed by atoms with Crippen LogP contribution < -0.4 is 15.8 Å². The number of nitro benzene ring substituents is 1. The first kappa shape index (κ1) is 18.3. The van der Waals surface area contributed by atoms with Crippen molar-refractivity contribution in [3.05, 3.63) is 57.6 Å². The highest BCUT2D eigenvalue weighted by molar-refractivity contribution is 6.06. The van der Waals surface area contributed by atoms with Crippen molar-refractivity contribution in [1.82, 2.24) is 0 Å². The molecule has 0 radical (unpaired) electrons. The summed E-state index contributed by atoms with van der Waals surface area (Å²) < 4.78 is 5.10. The summed E-state index contributed by atoms with van der Waals surface area (Å²) in [4.78, 5) is 23.4. The fourth-order valence-corrected chi connectivity index (χ4v) is 2.42. The second-order valence-electron chi connectivity index (χ2n) is 6.65. The van der Waals surface area contributed by atoms with Gasteiger partial charge in [-0.15, -0.1) is 0 Å². The van der Waals surface area contributed by atoms with E-state index in [0.29, 0.717) is 22.7 Å². The molecule has 132 valence electrons. The molecule has 0 heterocycles. The van der Waals surface area contributed by atoms with Crippen LogP contribution in [0.25, 0.3) is 0 Å². The second-order valence-corrected chi connectivity index (χ2v) is 6.65. The Balaban J connectivity index is 2.37. The average molecular weight is 343 g/mol. The molecule has 2 rings (SSSR count). The number of hydrogen-bond acceptors (Lipinski definition) is 5. The maximum Gasteiger partial charge on any atom is 0.273 e. The molecule has 1 amide bonds. The Kier molecular flexibility index (Phi) is 4.97. The van der Waals surface area contributed by atoms with Gasteiger partial charge < -0.3 is 15.8 Å². The topological polar surface area (TPSA) is 107 Å². The number of amides is 1. The third-order valence-electron chi connectivity index (χ3n) is 3.77. The molecule has 0 atom stereocenters. The van der Waals surface area contributed by atoms with E-state index < -0.39 is 16.2 Å². The zero-order valence-electron chi connectivity index (χ0n) is 14.6. The summed E-state index contributed by atoms with van der Waals surface area (Å²) in [7, 11) is 1.51. The van der Waals surface area contributed by atoms with Gasteiger partial charge in [0, 0.05) is 23.3 Å². The van der Waals surface area contributed by atoms with Crippen molar-refractivity contribution >= 4 is 23.0 Å². The molecule has 2 aromatic carbocycles. The first-order valence-electron chi connectivity index (χ1n) is 7.67. The van der Waals surface area contributed by atoms with Crippen LogP contribution in [0, 0.1) is 10.1 Å². The highest BCUT2D eigenvalue weighted by Gasteiger charge is 2.26. The molecule has 0 aliphatic rings. The van der Waals surface area contributed by atoms with Crippen LogP contribution in [0.4, 0.5) is 17.1 Å². The van der Waals surface area contributed by atoms with E-state index in [-0.39, 0.29) is 11.3 Å². The van der Waals surface area contributed by atoms with Crippen molar-refractivity contribution < 1.29 is 14.5 Å². The zero-order valence-corrected chi connectivity index (χ0v) is 14.6. The lowest BCUT2D eigenvalue weighted by Gasteiger charge is -2.19. The fraction of sp³-hybridized carbons (Fsp3) is 0.278. The van der Waals surface area contributed by atoms with Gasteiger partial charge in [0.1, 0.15) is 5.75 Å². The van der Waals surface area contributed by atoms with E-state index in [1.54, 1.807) is 30.3 Å². The monoisotopic (exact) mass is 343 g/mol. The smallest absolute Gasteiger partial charge is 0.273 e. The van der Waals surface area contributed by atoms with Gasteiger partial charge in [0.25, 0.3) is 11.6 Å². The van der Waals surface area contributed by atoms with Crippen LogP contribution >= 0.6 is 0 Å². The molecule has 0 fully saturated rings. The molecule has 0 saturated heterocycles. The number of methoxy groups -OCH3 is 1. The number of rotatable bonds is 4. The van der Waals surface area contributed by atoms with Crippen LogP contribution in [0.5, 0.6) is 5.75 Å². The fourth-order valence-electron chi connectivity index (χ4n) is 2.42. The van der Waals surface area contributed by atoms with Gasteiger partial charge in [-0.2, -0.15) is 0 Å². The Morgan fingerprint density at radius 3 is 2.44 bits per heavy atom. The Hall–Kier alpha value is -3.09. The summed E-state index contributed by atoms with van der Waals surface area (Å²) in [6, 6.07) is 9.34. The third kappa shape index (κ3) is 4.06. The van der Waals surface area contributed by atoms with Gasteiger partial charge in [0.05, 0.1) is 23.4 Å². The van der Waals surface area contributed by atoms with Crippen LogP contribution in [0.2, 0.25) is 0 Å². The maximum atomic E-state index is 12.5. The second kappa shape index (κ2) is 6.80. The molecule has 3 N–H and O–H groups in total. The Labute approximate surface area is 145 Å². The van der Waals surface area contributed by atoms with Gasteiger partial charge in [0.2, 0.25) is 0 Å². The SMILES string of the molecule is COc1ccc(N)c(NC(=O)c2ccc(C(C)(C)C)c([N+](=O)[O-])c2)c1. The van der Waals surface area contributed by atoms with Crippen LogP contribution in [0.1, 0.15) is 36.7 Å². The maximum absolute atomic E-state index is 12.5. The lowest BCUT2D eigenvalue weighted by atomic mass is 9.85. The number of ether oxygens (including phenoxy) is 1. The van der Waals surface area contributed by atoms with Gasteiger partial charge in [0.15, 0.2) is 0 Å². The molecule has 0 aliphatic carbocycles. The molecule has 7 heteroatoms. The van der Waals surface area contributed by atoms with Crippen LogP contribution in [0.15, 0.2) is 36.4 Å². The van der Waals surface area contributed by atoms with E-state index in [0.717, 1.165) is 0 Å². The van der Waals surface area contributed by atoms with Gasteiger partial charge in [-0.1, -0.05) is 26.8 Å². The number of hydrogen-bond donors (Lipinski definition) is 2. The number of nitrogens with two attached hydrogens (primary N) is 1. The Morgan fingerprint density at radius 2 is 1.88 bits per heavy atom. The van der Waals surface area contributed by atoms with Gasteiger partial charge >= 0.3 is 0 Å². The molecular weight excluding hydrogens is 322 g/mol. The lowest BCUT2D eigenvalue weighted by molar-refractivity contribution is -0.386. The van der Waals surface area contributed by atoms with E-state index >= 15 is 0 Å². The summed E-state index contributed by atoms with van der Waals surface area (Å²) in [5, 5.41) is 14.0. The van der Waals surface area contributed by atoms with E-state index in [2.05, 4.69) is 5.32 Å². The standard InChI is InChI=1S/C18H21N3O4/c1-18(2,3)13-7-5-11(9-16(13)21(23)24)17(22)20-15-10-12(25-4)6-8-14(15)19/h5-10H,19H2,1-4H3,(H,20,22). The van der Waals surface area contributed by atoms with Gasteiger partial charge in [-0.25, -0.2) is 0 Å². The molecule has 0 spiro atoms. The van der Waals surface area contributed by atoms with Crippen molar-refractivity contribution in [1.29, 1.82) is 0 Å². The van der Waals surface area contributed by atoms with Gasteiger partial charge in [-0.05, 0) is 23.6 Å². The molecule has 0 aromatic heterocycles. The number of anilines is 2. The average Bonchev–Trinajstić information content (AvgIpc) is 2.55. The number of benzene rings is 2. The van der Waals surface area contributed by atoms with Crippen LogP contribution in [0.3, 0.4) is 0 Å². The number of nitrogens with one attached hydrogen (secondary N) is 1. The molecule has 0 saturated carbocycles. The van der Waals surface area contributed by atoms with Crippen LogP contribution in [-0.4, -0.2) is 17.9 Å². The molecule has 0 unspecified atom stereocenters. The molecule has 25 heavy (non-hydrogen) atoms. The number of nitrogen functional groups attached to an aromatic ring is 1. The highest BCUT2D eigenvalue weighted by Crippen LogP contribution is 2.32. The van der Waals surface area contributed by atoms with Gasteiger partial charge in [-0.3, -0.25) is 14.9 Å². The van der Waals surface area contributed by atoms with E-state index in [1.807, 2.05) is 20.8 Å². The summed E-state index contributed by atoms with van der Waals surface area (Å²) in [5.74, 6) is 0.0575. The first-order valence-corrected chi connectivity index (χ1v) is 7.67. The molecule has 2 aromatic rings. The highest BCUT2D eigenvalue weighted by atomic mass is 16.6. The third-order valence-corrected chi connectivity index (χ3v) is 3.77. The van der Waals surface area contributed by atoms with E-state index in [4.69, 9.17) is 10.5 Å². The number of carbonyl (C=O) groups is 1. The number of nitro groups is 1.